The quantitative estimate of drug-likeness (QED) is 0.417. The number of carbonyl (C=O) groups is 3. The van der Waals surface area contributed by atoms with E-state index in [-0.39, 0.29) is 13.0 Å². The van der Waals surface area contributed by atoms with Crippen LogP contribution in [0.4, 0.5) is 25.0 Å². The van der Waals surface area contributed by atoms with E-state index in [1.165, 1.54) is 12.0 Å². The van der Waals surface area contributed by atoms with E-state index in [1.807, 2.05) is 4.90 Å². The van der Waals surface area contributed by atoms with Crippen molar-refractivity contribution in [2.24, 2.45) is 0 Å². The summed E-state index contributed by atoms with van der Waals surface area (Å²) in [5, 5.41) is 14.7. The van der Waals surface area contributed by atoms with Gasteiger partial charge in [0.15, 0.2) is 0 Å². The molecule has 3 N–H and O–H groups in total. The van der Waals surface area contributed by atoms with Gasteiger partial charge in [-0.15, -0.1) is 0 Å². The number of amides is 3. The molecule has 0 aliphatic carbocycles. The Kier molecular flexibility index (Phi) is 9.44. The number of benzene rings is 2. The molecule has 0 aromatic heterocycles. The van der Waals surface area contributed by atoms with Crippen LogP contribution < -0.4 is 15.4 Å². The number of carboxylic acids is 1. The van der Waals surface area contributed by atoms with Crippen LogP contribution in [0.15, 0.2) is 42.5 Å². The Hall–Kier alpha value is -3.48. The summed E-state index contributed by atoms with van der Waals surface area (Å²) in [4.78, 5) is 41.6. The minimum absolute atomic E-state index is 0.0518. The van der Waals surface area contributed by atoms with Crippen LogP contribution in [0.5, 0.6) is 5.75 Å². The van der Waals surface area contributed by atoms with Gasteiger partial charge in [-0.2, -0.15) is 0 Å². The summed E-state index contributed by atoms with van der Waals surface area (Å²) in [5.41, 5.74) is 1.34. The van der Waals surface area contributed by atoms with Gasteiger partial charge in [0.1, 0.15) is 5.75 Å². The fourth-order valence-corrected chi connectivity index (χ4v) is 5.22. The van der Waals surface area contributed by atoms with Crippen LogP contribution in [0.3, 0.4) is 0 Å². The van der Waals surface area contributed by atoms with Crippen molar-refractivity contribution in [1.82, 2.24) is 14.7 Å². The lowest BCUT2D eigenvalue weighted by atomic mass is 10.1. The van der Waals surface area contributed by atoms with Crippen LogP contribution in [-0.4, -0.2) is 103 Å². The maximum atomic E-state index is 14.4. The normalized spacial score (nSPS) is 19.3. The highest BCUT2D eigenvalue weighted by molar-refractivity contribution is 6.33. The number of methoxy groups -OCH3 is 1. The second-order valence-electron chi connectivity index (χ2n) is 9.98. The topological polar surface area (TPSA) is 114 Å². The van der Waals surface area contributed by atoms with E-state index in [0.29, 0.717) is 60.4 Å². The van der Waals surface area contributed by atoms with E-state index < -0.39 is 42.8 Å². The molecule has 10 nitrogen and oxygen atoms in total. The molecule has 2 saturated heterocycles. The lowest BCUT2D eigenvalue weighted by Gasteiger charge is -2.36. The Morgan fingerprint density at radius 3 is 2.40 bits per heavy atom. The number of hydrogen-bond donors (Lipinski definition) is 3. The first-order valence-corrected chi connectivity index (χ1v) is 13.2. The van der Waals surface area contributed by atoms with Crippen molar-refractivity contribution < 1.29 is 33.0 Å². The summed E-state index contributed by atoms with van der Waals surface area (Å²) < 4.78 is 34.2. The van der Waals surface area contributed by atoms with Crippen LogP contribution in [0.1, 0.15) is 12.0 Å². The van der Waals surface area contributed by atoms with Gasteiger partial charge in [0.25, 0.3) is 5.92 Å². The largest absolute Gasteiger partial charge is 0.495 e. The summed E-state index contributed by atoms with van der Waals surface area (Å²) in [6.45, 7) is 1.76. The molecule has 2 aromatic rings. The van der Waals surface area contributed by atoms with Crippen molar-refractivity contribution in [2.75, 3.05) is 63.6 Å². The molecule has 0 spiro atoms. The van der Waals surface area contributed by atoms with Crippen LogP contribution in [0, 0.1) is 0 Å². The molecule has 2 fully saturated rings. The molecule has 2 aromatic carbocycles. The first kappa shape index (κ1) is 29.5. The fourth-order valence-electron chi connectivity index (χ4n) is 5.04. The number of alkyl halides is 2. The molecular formula is C27H32ClF2N5O5. The maximum absolute atomic E-state index is 14.4. The number of carboxylic acid groups (broad SMARTS) is 1. The standard InChI is InChI=1S/C27H32ClF2N5O5/c1-40-23-12-18(6-7-22(23)32-26(39)31-21-5-3-2-4-20(21)28)13-24(36)35-17-27(29,30)14-19(35)15-33-8-10-34(11-9-33)16-25(37)38/h2-7,12,19H,8-11,13-17H2,1H3,(H,37,38)(H2,31,32,39). The molecule has 2 heterocycles. The van der Waals surface area contributed by atoms with Crippen molar-refractivity contribution in [3.8, 4) is 5.75 Å². The number of piperazine rings is 1. The Bertz CT molecular complexity index is 1240. The van der Waals surface area contributed by atoms with E-state index in [2.05, 4.69) is 10.6 Å². The summed E-state index contributed by atoms with van der Waals surface area (Å²) in [7, 11) is 1.42. The van der Waals surface area contributed by atoms with Gasteiger partial charge in [-0.3, -0.25) is 19.4 Å². The van der Waals surface area contributed by atoms with Crippen molar-refractivity contribution in [2.45, 2.75) is 24.8 Å². The minimum atomic E-state index is -2.98. The Morgan fingerprint density at radius 2 is 1.73 bits per heavy atom. The van der Waals surface area contributed by atoms with E-state index >= 15 is 0 Å². The maximum Gasteiger partial charge on any atom is 0.323 e. The number of urea groups is 1. The molecule has 3 amide bonds. The predicted molar refractivity (Wildman–Crippen MR) is 146 cm³/mol. The first-order valence-electron chi connectivity index (χ1n) is 12.9. The number of aliphatic carboxylic acids is 1. The van der Waals surface area contributed by atoms with Gasteiger partial charge < -0.3 is 25.4 Å². The van der Waals surface area contributed by atoms with Gasteiger partial charge in [-0.1, -0.05) is 29.8 Å². The highest BCUT2D eigenvalue weighted by atomic mass is 35.5. The zero-order valence-electron chi connectivity index (χ0n) is 22.0. The van der Waals surface area contributed by atoms with Crippen LogP contribution in [0.25, 0.3) is 0 Å². The average Bonchev–Trinajstić information content (AvgIpc) is 3.21. The van der Waals surface area contributed by atoms with Gasteiger partial charge in [-0.05, 0) is 29.8 Å². The minimum Gasteiger partial charge on any atom is -0.495 e. The Balaban J connectivity index is 1.37. The van der Waals surface area contributed by atoms with E-state index in [4.69, 9.17) is 21.4 Å². The van der Waals surface area contributed by atoms with Crippen molar-refractivity contribution in [1.29, 1.82) is 0 Å². The fraction of sp³-hybridized carbons (Fsp3) is 0.444. The molecule has 0 bridgehead atoms. The average molecular weight is 580 g/mol. The number of likely N-dealkylation sites (tertiary alicyclic amines) is 1. The first-order chi connectivity index (χ1) is 19.0. The Morgan fingerprint density at radius 1 is 1.05 bits per heavy atom. The third-order valence-electron chi connectivity index (χ3n) is 6.98. The molecule has 216 valence electrons. The van der Waals surface area contributed by atoms with E-state index in [1.54, 1.807) is 47.4 Å². The highest BCUT2D eigenvalue weighted by Gasteiger charge is 2.47. The molecule has 0 radical (unpaired) electrons. The number of para-hydroxylation sites is 1. The van der Waals surface area contributed by atoms with Gasteiger partial charge in [0.2, 0.25) is 5.91 Å². The predicted octanol–water partition coefficient (Wildman–Crippen LogP) is 3.47. The van der Waals surface area contributed by atoms with Crippen LogP contribution in [0.2, 0.25) is 5.02 Å². The number of hydrogen-bond acceptors (Lipinski definition) is 6. The summed E-state index contributed by atoms with van der Waals surface area (Å²) in [6.07, 6.45) is -0.526. The number of halogens is 3. The molecule has 2 aliphatic heterocycles. The zero-order valence-corrected chi connectivity index (χ0v) is 22.8. The number of ether oxygens (including phenoxy) is 1. The molecule has 40 heavy (non-hydrogen) atoms. The molecule has 1 unspecified atom stereocenters. The monoisotopic (exact) mass is 579 g/mol. The van der Waals surface area contributed by atoms with Crippen LogP contribution >= 0.6 is 11.6 Å². The van der Waals surface area contributed by atoms with Crippen LogP contribution in [-0.2, 0) is 16.0 Å². The van der Waals surface area contributed by atoms with Crippen molar-refractivity contribution >= 4 is 40.9 Å². The third-order valence-corrected chi connectivity index (χ3v) is 7.31. The number of carbonyl (C=O) groups excluding carboxylic acids is 2. The van der Waals surface area contributed by atoms with Gasteiger partial charge in [-0.25, -0.2) is 13.6 Å². The number of anilines is 2. The molecule has 0 saturated carbocycles. The number of nitrogens with zero attached hydrogens (tertiary/aromatic N) is 3. The van der Waals surface area contributed by atoms with E-state index in [9.17, 15) is 23.2 Å². The lowest BCUT2D eigenvalue weighted by molar-refractivity contribution is -0.139. The lowest BCUT2D eigenvalue weighted by Crippen LogP contribution is -2.52. The molecule has 2 aliphatic rings. The summed E-state index contributed by atoms with van der Waals surface area (Å²) >= 11 is 6.08. The molecule has 1 atom stereocenters. The SMILES string of the molecule is COc1cc(CC(=O)N2CC(F)(F)CC2CN2CCN(CC(=O)O)CC2)ccc1NC(=O)Nc1ccccc1Cl. The van der Waals surface area contributed by atoms with Crippen molar-refractivity contribution in [3.63, 3.8) is 0 Å². The molecular weight excluding hydrogens is 548 g/mol. The molecule has 4 rings (SSSR count). The van der Waals surface area contributed by atoms with Crippen molar-refractivity contribution in [3.05, 3.63) is 53.1 Å². The second-order valence-corrected chi connectivity index (χ2v) is 10.4. The second kappa shape index (κ2) is 12.8. The van der Waals surface area contributed by atoms with E-state index in [0.717, 1.165) is 0 Å². The zero-order chi connectivity index (χ0) is 28.9. The van der Waals surface area contributed by atoms with Gasteiger partial charge in [0, 0.05) is 39.1 Å². The smallest absolute Gasteiger partial charge is 0.323 e. The Labute approximate surface area is 235 Å². The number of rotatable bonds is 9. The summed E-state index contributed by atoms with van der Waals surface area (Å²) in [6, 6.07) is 10.4. The van der Waals surface area contributed by atoms with Gasteiger partial charge in [0.05, 0.1) is 49.1 Å². The molecule has 13 heteroatoms. The summed E-state index contributed by atoms with van der Waals surface area (Å²) in [5.74, 6) is -4.00. The van der Waals surface area contributed by atoms with Gasteiger partial charge >= 0.3 is 12.0 Å². The third kappa shape index (κ3) is 7.80. The highest BCUT2D eigenvalue weighted by Crippen LogP contribution is 2.34. The number of nitrogens with one attached hydrogen (secondary N) is 2.